The molecule has 26 heavy (non-hydrogen) atoms. The zero-order valence-electron chi connectivity index (χ0n) is 15.6. The monoisotopic (exact) mass is 357 g/mol. The first-order valence-electron chi connectivity index (χ1n) is 9.13. The van der Waals surface area contributed by atoms with Gasteiger partial charge in [0.05, 0.1) is 13.2 Å². The van der Waals surface area contributed by atoms with E-state index < -0.39 is 0 Å². The lowest BCUT2D eigenvalue weighted by Gasteiger charge is -2.11. The Morgan fingerprint density at radius 3 is 2.23 bits per heavy atom. The Hall–Kier alpha value is -2.40. The summed E-state index contributed by atoms with van der Waals surface area (Å²) in [6.07, 6.45) is 0.816. The second-order valence-corrected chi connectivity index (χ2v) is 5.95. The van der Waals surface area contributed by atoms with Crippen molar-refractivity contribution in [1.82, 2.24) is 10.6 Å². The largest absolute Gasteiger partial charge is 0.377 e. The van der Waals surface area contributed by atoms with Gasteiger partial charge in [0.1, 0.15) is 5.82 Å². The highest BCUT2D eigenvalue weighted by Gasteiger charge is 2.00. The summed E-state index contributed by atoms with van der Waals surface area (Å²) in [7, 11) is 0. The number of ether oxygens (including phenoxy) is 1. The van der Waals surface area contributed by atoms with Gasteiger partial charge in [-0.05, 0) is 49.1 Å². The summed E-state index contributed by atoms with van der Waals surface area (Å²) < 4.78 is 18.3. The van der Waals surface area contributed by atoms with Crippen LogP contribution >= 0.6 is 0 Å². The van der Waals surface area contributed by atoms with Crippen LogP contribution in [-0.4, -0.2) is 25.7 Å². The zero-order chi connectivity index (χ0) is 18.6. The lowest BCUT2D eigenvalue weighted by atomic mass is 10.1. The van der Waals surface area contributed by atoms with E-state index in [0.29, 0.717) is 13.2 Å². The van der Waals surface area contributed by atoms with Crippen molar-refractivity contribution in [2.24, 2.45) is 4.99 Å². The second-order valence-electron chi connectivity index (χ2n) is 5.95. The Bertz CT molecular complexity index is 669. The van der Waals surface area contributed by atoms with Crippen LogP contribution in [0.5, 0.6) is 0 Å². The van der Waals surface area contributed by atoms with E-state index in [1.807, 2.05) is 26.0 Å². The van der Waals surface area contributed by atoms with E-state index in [1.54, 1.807) is 0 Å². The molecule has 0 fully saturated rings. The third-order valence-corrected chi connectivity index (χ3v) is 3.88. The number of halogens is 1. The standard InChI is InChI=1S/C21H28FN3O/c1-3-23-21(24-14-13-17-9-11-20(22)12-10-17)25-15-18-5-7-19(8-6-18)16-26-4-2/h5-12H,3-4,13-16H2,1-2H3,(H2,23,24,25). The molecule has 2 aromatic carbocycles. The van der Waals surface area contributed by atoms with Crippen LogP contribution in [0.1, 0.15) is 30.5 Å². The summed E-state index contributed by atoms with van der Waals surface area (Å²) in [5.41, 5.74) is 3.42. The molecule has 2 aromatic rings. The normalized spacial score (nSPS) is 11.4. The van der Waals surface area contributed by atoms with E-state index in [1.165, 1.54) is 17.7 Å². The Kier molecular flexibility index (Phi) is 8.63. The van der Waals surface area contributed by atoms with Crippen LogP contribution in [0.15, 0.2) is 53.5 Å². The Labute approximate surface area is 155 Å². The van der Waals surface area contributed by atoms with E-state index in [4.69, 9.17) is 4.74 Å². The predicted molar refractivity (Wildman–Crippen MR) is 105 cm³/mol. The maximum Gasteiger partial charge on any atom is 0.191 e. The van der Waals surface area contributed by atoms with E-state index in [9.17, 15) is 4.39 Å². The quantitative estimate of drug-likeness (QED) is 0.532. The van der Waals surface area contributed by atoms with Crippen LogP contribution in [0.3, 0.4) is 0 Å². The van der Waals surface area contributed by atoms with Gasteiger partial charge in [-0.1, -0.05) is 36.4 Å². The number of nitrogens with one attached hydrogen (secondary N) is 2. The third-order valence-electron chi connectivity index (χ3n) is 3.88. The minimum absolute atomic E-state index is 0.205. The van der Waals surface area contributed by atoms with E-state index >= 15 is 0 Å². The molecule has 2 N–H and O–H groups in total. The van der Waals surface area contributed by atoms with E-state index in [2.05, 4.69) is 39.9 Å². The molecule has 0 aliphatic carbocycles. The molecular weight excluding hydrogens is 329 g/mol. The average Bonchev–Trinajstić information content (AvgIpc) is 2.67. The van der Waals surface area contributed by atoms with Crippen LogP contribution in [0.2, 0.25) is 0 Å². The molecule has 0 saturated carbocycles. The maximum absolute atomic E-state index is 12.9. The number of hydrogen-bond acceptors (Lipinski definition) is 2. The fourth-order valence-electron chi connectivity index (χ4n) is 2.45. The summed E-state index contributed by atoms with van der Waals surface area (Å²) in [4.78, 5) is 4.62. The van der Waals surface area contributed by atoms with E-state index in [0.717, 1.165) is 43.2 Å². The van der Waals surface area contributed by atoms with Crippen molar-refractivity contribution < 1.29 is 9.13 Å². The summed E-state index contributed by atoms with van der Waals surface area (Å²) >= 11 is 0. The molecule has 0 aromatic heterocycles. The highest BCUT2D eigenvalue weighted by Crippen LogP contribution is 2.07. The van der Waals surface area contributed by atoms with Crippen molar-refractivity contribution in [3.05, 3.63) is 71.0 Å². The number of aliphatic imine (C=N–C) groups is 1. The highest BCUT2D eigenvalue weighted by atomic mass is 19.1. The van der Waals surface area contributed by atoms with Gasteiger partial charge in [-0.25, -0.2) is 9.38 Å². The van der Waals surface area contributed by atoms with Gasteiger partial charge in [-0.2, -0.15) is 0 Å². The van der Waals surface area contributed by atoms with Gasteiger partial charge in [0, 0.05) is 19.7 Å². The Morgan fingerprint density at radius 2 is 1.58 bits per heavy atom. The van der Waals surface area contributed by atoms with Crippen LogP contribution in [0.25, 0.3) is 0 Å². The summed E-state index contributed by atoms with van der Waals surface area (Å²) in [5, 5.41) is 6.56. The van der Waals surface area contributed by atoms with E-state index in [-0.39, 0.29) is 5.82 Å². The van der Waals surface area contributed by atoms with Crippen molar-refractivity contribution >= 4 is 5.96 Å². The molecular formula is C21H28FN3O. The summed E-state index contributed by atoms with van der Waals surface area (Å²) in [5.74, 6) is 0.580. The zero-order valence-corrected chi connectivity index (χ0v) is 15.6. The molecule has 140 valence electrons. The lowest BCUT2D eigenvalue weighted by Crippen LogP contribution is -2.38. The molecule has 0 spiro atoms. The first kappa shape index (κ1) is 19.9. The molecule has 0 amide bonds. The van der Waals surface area contributed by atoms with Gasteiger partial charge in [0.2, 0.25) is 0 Å². The predicted octanol–water partition coefficient (Wildman–Crippen LogP) is 3.66. The smallest absolute Gasteiger partial charge is 0.191 e. The SMILES string of the molecule is CCNC(=NCc1ccc(COCC)cc1)NCCc1ccc(F)cc1. The molecule has 0 aliphatic rings. The summed E-state index contributed by atoms with van der Waals surface area (Å²) in [6.45, 7) is 7.56. The number of guanidine groups is 1. The lowest BCUT2D eigenvalue weighted by molar-refractivity contribution is 0.134. The minimum atomic E-state index is -0.205. The molecule has 0 radical (unpaired) electrons. The fourth-order valence-corrected chi connectivity index (χ4v) is 2.45. The van der Waals surface area contributed by atoms with Crippen LogP contribution in [-0.2, 0) is 24.3 Å². The molecule has 4 nitrogen and oxygen atoms in total. The van der Waals surface area contributed by atoms with Crippen molar-refractivity contribution in [1.29, 1.82) is 0 Å². The van der Waals surface area contributed by atoms with Gasteiger partial charge in [0.25, 0.3) is 0 Å². The molecule has 0 saturated heterocycles. The first-order chi connectivity index (χ1) is 12.7. The Balaban J connectivity index is 1.84. The maximum atomic E-state index is 12.9. The second kappa shape index (κ2) is 11.3. The number of nitrogens with zero attached hydrogens (tertiary/aromatic N) is 1. The number of hydrogen-bond donors (Lipinski definition) is 2. The number of rotatable bonds is 9. The van der Waals surface area contributed by atoms with Gasteiger partial charge in [-0.15, -0.1) is 0 Å². The molecule has 0 bridgehead atoms. The molecule has 0 aliphatic heterocycles. The highest BCUT2D eigenvalue weighted by molar-refractivity contribution is 5.79. The Morgan fingerprint density at radius 1 is 0.923 bits per heavy atom. The molecule has 0 heterocycles. The van der Waals surface area contributed by atoms with Gasteiger partial charge < -0.3 is 15.4 Å². The third kappa shape index (κ3) is 7.23. The molecule has 0 unspecified atom stereocenters. The van der Waals surface area contributed by atoms with Gasteiger partial charge in [-0.3, -0.25) is 0 Å². The van der Waals surface area contributed by atoms with Gasteiger partial charge >= 0.3 is 0 Å². The molecule has 0 atom stereocenters. The number of benzene rings is 2. The van der Waals surface area contributed by atoms with Crippen LogP contribution in [0.4, 0.5) is 4.39 Å². The first-order valence-corrected chi connectivity index (χ1v) is 9.13. The average molecular weight is 357 g/mol. The minimum Gasteiger partial charge on any atom is -0.377 e. The van der Waals surface area contributed by atoms with Crippen molar-refractivity contribution in [2.45, 2.75) is 33.4 Å². The van der Waals surface area contributed by atoms with Crippen molar-refractivity contribution in [3.63, 3.8) is 0 Å². The molecule has 2 rings (SSSR count). The van der Waals surface area contributed by atoms with Gasteiger partial charge in [0.15, 0.2) is 5.96 Å². The van der Waals surface area contributed by atoms with Crippen molar-refractivity contribution in [3.8, 4) is 0 Å². The summed E-state index contributed by atoms with van der Waals surface area (Å²) in [6, 6.07) is 14.9. The molecule has 5 heteroatoms. The fraction of sp³-hybridized carbons (Fsp3) is 0.381. The van der Waals surface area contributed by atoms with Crippen LogP contribution < -0.4 is 10.6 Å². The topological polar surface area (TPSA) is 45.7 Å². The van der Waals surface area contributed by atoms with Crippen LogP contribution in [0, 0.1) is 5.82 Å². The van der Waals surface area contributed by atoms with Crippen molar-refractivity contribution in [2.75, 3.05) is 19.7 Å².